The first-order chi connectivity index (χ1) is 10.7. The van der Waals surface area contributed by atoms with Gasteiger partial charge in [-0.1, -0.05) is 12.1 Å². The van der Waals surface area contributed by atoms with Crippen LogP contribution in [0.25, 0.3) is 0 Å². The van der Waals surface area contributed by atoms with Crippen molar-refractivity contribution in [3.63, 3.8) is 0 Å². The molecule has 5 nitrogen and oxygen atoms in total. The molecule has 3 N–H and O–H groups in total. The van der Waals surface area contributed by atoms with Crippen LogP contribution in [0, 0.1) is 5.92 Å². The van der Waals surface area contributed by atoms with E-state index in [1.165, 1.54) is 12.8 Å². The smallest absolute Gasteiger partial charge is 0.234 e. The first-order valence-corrected chi connectivity index (χ1v) is 8.10. The molecule has 0 bridgehead atoms. The normalized spacial score (nSPS) is 25.6. The van der Waals surface area contributed by atoms with Gasteiger partial charge in [0.2, 0.25) is 11.8 Å². The van der Waals surface area contributed by atoms with Crippen LogP contribution >= 0.6 is 0 Å². The monoisotopic (exact) mass is 301 g/mol. The number of carbonyl (C=O) groups is 2. The second kappa shape index (κ2) is 6.92. The number of imide groups is 1. The van der Waals surface area contributed by atoms with Crippen molar-refractivity contribution < 1.29 is 9.59 Å². The van der Waals surface area contributed by atoms with Gasteiger partial charge in [0.25, 0.3) is 0 Å². The summed E-state index contributed by atoms with van der Waals surface area (Å²) in [5.41, 5.74) is 2.07. The first kappa shape index (κ1) is 15.0. The van der Waals surface area contributed by atoms with Crippen molar-refractivity contribution in [3.8, 4) is 0 Å². The van der Waals surface area contributed by atoms with Gasteiger partial charge in [0.15, 0.2) is 0 Å². The van der Waals surface area contributed by atoms with Gasteiger partial charge in [-0.2, -0.15) is 0 Å². The number of benzene rings is 1. The molecule has 1 unspecified atom stereocenters. The molecule has 1 aromatic carbocycles. The van der Waals surface area contributed by atoms with Crippen molar-refractivity contribution in [2.75, 3.05) is 25.0 Å². The molecule has 2 aliphatic heterocycles. The fraction of sp³-hybridized carbons (Fsp3) is 0.529. The highest BCUT2D eigenvalue weighted by Crippen LogP contribution is 2.26. The summed E-state index contributed by atoms with van der Waals surface area (Å²) in [4.78, 5) is 23.1. The highest BCUT2D eigenvalue weighted by Gasteiger charge is 2.27. The molecular formula is C17H23N3O2. The van der Waals surface area contributed by atoms with Crippen LogP contribution in [-0.2, 0) is 9.59 Å². The predicted molar refractivity (Wildman–Crippen MR) is 85.7 cm³/mol. The third kappa shape index (κ3) is 3.65. The second-order valence-corrected chi connectivity index (χ2v) is 6.22. The Labute approximate surface area is 130 Å². The summed E-state index contributed by atoms with van der Waals surface area (Å²) in [5.74, 6) is 0.142. The van der Waals surface area contributed by atoms with Crippen LogP contribution in [0.15, 0.2) is 24.3 Å². The molecule has 2 amide bonds. The Morgan fingerprint density at radius 2 is 1.95 bits per heavy atom. The van der Waals surface area contributed by atoms with Gasteiger partial charge in [0.05, 0.1) is 5.92 Å². The van der Waals surface area contributed by atoms with E-state index in [9.17, 15) is 9.59 Å². The lowest BCUT2D eigenvalue weighted by Crippen LogP contribution is -2.39. The van der Waals surface area contributed by atoms with Gasteiger partial charge in [0, 0.05) is 18.7 Å². The molecule has 22 heavy (non-hydrogen) atoms. The first-order valence-electron chi connectivity index (χ1n) is 8.10. The van der Waals surface area contributed by atoms with Crippen LogP contribution in [0.2, 0.25) is 0 Å². The lowest BCUT2D eigenvalue weighted by Gasteiger charge is -2.24. The van der Waals surface area contributed by atoms with E-state index >= 15 is 0 Å². The number of carbonyl (C=O) groups excluding carboxylic acids is 2. The summed E-state index contributed by atoms with van der Waals surface area (Å²) in [6.07, 6.45) is 3.55. The van der Waals surface area contributed by atoms with Crippen molar-refractivity contribution in [2.45, 2.75) is 31.6 Å². The van der Waals surface area contributed by atoms with Gasteiger partial charge in [-0.3, -0.25) is 14.9 Å². The molecule has 118 valence electrons. The maximum atomic E-state index is 11.9. The van der Waals surface area contributed by atoms with Crippen molar-refractivity contribution in [1.29, 1.82) is 0 Å². The number of nitrogens with one attached hydrogen (secondary N) is 3. The van der Waals surface area contributed by atoms with Crippen LogP contribution in [0.1, 0.15) is 37.2 Å². The zero-order valence-corrected chi connectivity index (χ0v) is 12.7. The molecule has 0 radical (unpaired) electrons. The quantitative estimate of drug-likeness (QED) is 0.739. The summed E-state index contributed by atoms with van der Waals surface area (Å²) < 4.78 is 0. The van der Waals surface area contributed by atoms with E-state index in [1.807, 2.05) is 24.3 Å². The lowest BCUT2D eigenvalue weighted by molar-refractivity contribution is -0.134. The van der Waals surface area contributed by atoms with Crippen molar-refractivity contribution in [3.05, 3.63) is 29.8 Å². The highest BCUT2D eigenvalue weighted by molar-refractivity contribution is 6.00. The van der Waals surface area contributed by atoms with Gasteiger partial charge >= 0.3 is 0 Å². The van der Waals surface area contributed by atoms with Gasteiger partial charge in [0.1, 0.15) is 0 Å². The van der Waals surface area contributed by atoms with E-state index in [0.717, 1.165) is 30.9 Å². The van der Waals surface area contributed by atoms with E-state index in [4.69, 9.17) is 0 Å². The summed E-state index contributed by atoms with van der Waals surface area (Å²) in [5, 5.41) is 9.30. The SMILES string of the molecule is O=C1CCC(c2ccc(NC[C@H]3CCCNC3)cc2)C(=O)N1. The zero-order valence-electron chi connectivity index (χ0n) is 12.7. The molecule has 3 rings (SSSR count). The van der Waals surface area contributed by atoms with Crippen LogP contribution in [0.4, 0.5) is 5.69 Å². The zero-order chi connectivity index (χ0) is 15.4. The Bertz CT molecular complexity index is 535. The van der Waals surface area contributed by atoms with Gasteiger partial charge in [-0.15, -0.1) is 0 Å². The molecule has 2 heterocycles. The molecule has 0 spiro atoms. The Morgan fingerprint density at radius 1 is 1.14 bits per heavy atom. The minimum atomic E-state index is -0.200. The van der Waals surface area contributed by atoms with E-state index < -0.39 is 0 Å². The van der Waals surface area contributed by atoms with Crippen LogP contribution < -0.4 is 16.0 Å². The van der Waals surface area contributed by atoms with Crippen LogP contribution in [-0.4, -0.2) is 31.4 Å². The van der Waals surface area contributed by atoms with E-state index in [-0.39, 0.29) is 17.7 Å². The van der Waals surface area contributed by atoms with Crippen LogP contribution in [0.5, 0.6) is 0 Å². The highest BCUT2D eigenvalue weighted by atomic mass is 16.2. The Balaban J connectivity index is 1.55. The molecule has 2 atom stereocenters. The molecular weight excluding hydrogens is 278 g/mol. The lowest BCUT2D eigenvalue weighted by atomic mass is 9.90. The third-order valence-electron chi connectivity index (χ3n) is 4.55. The average Bonchev–Trinajstić information content (AvgIpc) is 2.55. The van der Waals surface area contributed by atoms with Crippen molar-refractivity contribution in [1.82, 2.24) is 10.6 Å². The molecule has 1 aromatic rings. The molecule has 2 aliphatic rings. The summed E-state index contributed by atoms with van der Waals surface area (Å²) in [6.45, 7) is 3.20. The van der Waals surface area contributed by atoms with Gasteiger partial charge in [-0.25, -0.2) is 0 Å². The molecule has 0 aromatic heterocycles. The van der Waals surface area contributed by atoms with E-state index in [1.54, 1.807) is 0 Å². The third-order valence-corrected chi connectivity index (χ3v) is 4.55. The average molecular weight is 301 g/mol. The number of amides is 2. The minimum Gasteiger partial charge on any atom is -0.385 e. The van der Waals surface area contributed by atoms with Gasteiger partial charge < -0.3 is 10.6 Å². The fourth-order valence-electron chi connectivity index (χ4n) is 3.21. The van der Waals surface area contributed by atoms with Crippen molar-refractivity contribution >= 4 is 17.5 Å². The standard InChI is InChI=1S/C17H23N3O2/c21-16-8-7-15(17(22)20-16)13-3-5-14(6-4-13)19-11-12-2-1-9-18-10-12/h3-6,12,15,18-19H,1-2,7-11H2,(H,20,21,22)/t12-,15?/m0/s1. The molecule has 0 aliphatic carbocycles. The number of anilines is 1. The summed E-state index contributed by atoms with van der Waals surface area (Å²) in [6, 6.07) is 8.02. The summed E-state index contributed by atoms with van der Waals surface area (Å²) >= 11 is 0. The maximum absolute atomic E-state index is 11.9. The Kier molecular flexibility index (Phi) is 4.73. The maximum Gasteiger partial charge on any atom is 0.234 e. The Hall–Kier alpha value is -1.88. The van der Waals surface area contributed by atoms with E-state index in [2.05, 4.69) is 16.0 Å². The van der Waals surface area contributed by atoms with Crippen LogP contribution in [0.3, 0.4) is 0 Å². The number of hydrogen-bond donors (Lipinski definition) is 3. The molecule has 0 saturated carbocycles. The topological polar surface area (TPSA) is 70.2 Å². The number of piperidine rings is 2. The predicted octanol–water partition coefficient (Wildman–Crippen LogP) is 1.62. The largest absolute Gasteiger partial charge is 0.385 e. The second-order valence-electron chi connectivity index (χ2n) is 6.22. The Morgan fingerprint density at radius 3 is 2.64 bits per heavy atom. The van der Waals surface area contributed by atoms with E-state index in [0.29, 0.717) is 18.8 Å². The molecule has 2 saturated heterocycles. The fourth-order valence-corrected chi connectivity index (χ4v) is 3.21. The van der Waals surface area contributed by atoms with Gasteiger partial charge in [-0.05, 0) is 56.0 Å². The minimum absolute atomic E-state index is 0.166. The molecule has 5 heteroatoms. The number of hydrogen-bond acceptors (Lipinski definition) is 4. The van der Waals surface area contributed by atoms with Crippen molar-refractivity contribution in [2.24, 2.45) is 5.92 Å². The summed E-state index contributed by atoms with van der Waals surface area (Å²) in [7, 11) is 0. The number of rotatable bonds is 4. The molecule has 2 fully saturated rings.